The molecule has 3 aliphatic heterocycles. The number of rotatable bonds is 42. The Hall–Kier alpha value is -6.98. The predicted octanol–water partition coefficient (Wildman–Crippen LogP) is 20.2. The van der Waals surface area contributed by atoms with Crippen LogP contribution in [0.5, 0.6) is 0 Å². The van der Waals surface area contributed by atoms with Gasteiger partial charge in [0.2, 0.25) is 0 Å². The summed E-state index contributed by atoms with van der Waals surface area (Å²) in [5.74, 6) is 5.00. The molecule has 11 atom stereocenters. The van der Waals surface area contributed by atoms with E-state index in [4.69, 9.17) is 41.9 Å². The SMILES string of the molecule is CCCC[C@@](O)(c1ccccc1)[C@@H]1CCCN(C(=O)N[C@H](CN)CC2CCCCC2)C1.COCCCC[C@@H](c1ccccc1)[C@@H]1CCCN(C(=O)N[C@H](CN)CC2CCCCC2)C1.COCCCO[C@@H](c1ccccc1)c1cccc(C(=O)N[C@H](CN)CC2CCCCC2)c1.NC[C@H](CC1CCCCC1)NC(=O)N1CCC[C@@H]([C@@H](OCCC2CC2)c2ccccc2)C1. The molecule has 3 heterocycles. The zero-order valence-corrected chi connectivity index (χ0v) is 78.6. The minimum Gasteiger partial charge on any atom is -0.385 e. The van der Waals surface area contributed by atoms with Crippen molar-refractivity contribution in [2.24, 2.45) is 70.3 Å². The van der Waals surface area contributed by atoms with Gasteiger partial charge in [-0.3, -0.25) is 4.79 Å². The summed E-state index contributed by atoms with van der Waals surface area (Å²) in [5.41, 5.74) is 29.6. The number of unbranched alkanes of at least 4 members (excludes halogenated alkanes) is 2. The van der Waals surface area contributed by atoms with Gasteiger partial charge in [0.1, 0.15) is 6.10 Å². The lowest BCUT2D eigenvalue weighted by molar-refractivity contribution is -0.0555. The molecule has 0 bridgehead atoms. The number of methoxy groups -OCH3 is 2. The van der Waals surface area contributed by atoms with E-state index in [1.54, 1.807) is 14.2 Å². The lowest BCUT2D eigenvalue weighted by Crippen LogP contribution is -2.53. The number of likely N-dealkylation sites (tertiary alicyclic amines) is 3. The number of nitrogens with one attached hydrogen (secondary N) is 4. The second kappa shape index (κ2) is 58.0. The summed E-state index contributed by atoms with van der Waals surface area (Å²) in [4.78, 5) is 58.4. The van der Waals surface area contributed by atoms with Crippen molar-refractivity contribution in [2.75, 3.05) is 106 Å². The van der Waals surface area contributed by atoms with Crippen LogP contribution in [-0.2, 0) is 24.5 Å². The molecule has 20 nitrogen and oxygen atoms in total. The Morgan fingerprint density at radius 2 is 0.835 bits per heavy atom. The van der Waals surface area contributed by atoms with E-state index in [-0.39, 0.29) is 66.3 Å². The van der Waals surface area contributed by atoms with Gasteiger partial charge in [-0.25, -0.2) is 14.4 Å². The highest BCUT2D eigenvalue weighted by Crippen LogP contribution is 2.43. The fraction of sp³-hybridized carbons (Fsp3) is 0.682. The molecule has 0 radical (unpaired) electrons. The molecule has 8 fully saturated rings. The van der Waals surface area contributed by atoms with Crippen molar-refractivity contribution >= 4 is 24.0 Å². The first-order chi connectivity index (χ1) is 62.2. The third-order valence-electron chi connectivity index (χ3n) is 29.2. The number of nitrogens with two attached hydrogens (primary N) is 4. The Morgan fingerprint density at radius 1 is 0.409 bits per heavy atom. The minimum absolute atomic E-state index is 0.0122. The number of carbonyl (C=O) groups is 4. The molecule has 5 aliphatic carbocycles. The monoisotopic (exact) mass is 1750 g/mol. The molecule has 0 unspecified atom stereocenters. The Labute approximate surface area is 765 Å². The molecule has 0 aromatic heterocycles. The zero-order chi connectivity index (χ0) is 89.5. The molecule has 8 aliphatic rings. The summed E-state index contributed by atoms with van der Waals surface area (Å²) in [6.45, 7) is 11.7. The number of urea groups is 3. The fourth-order valence-corrected chi connectivity index (χ4v) is 21.7. The number of nitrogens with zero attached hydrogens (tertiary/aromatic N) is 3. The lowest BCUT2D eigenvalue weighted by Gasteiger charge is -2.43. The van der Waals surface area contributed by atoms with Crippen LogP contribution in [0.4, 0.5) is 14.4 Å². The van der Waals surface area contributed by atoms with E-state index in [2.05, 4.69) is 106 Å². The van der Waals surface area contributed by atoms with E-state index in [0.717, 1.165) is 177 Å². The van der Waals surface area contributed by atoms with Crippen LogP contribution >= 0.6 is 0 Å². The largest absolute Gasteiger partial charge is 0.385 e. The van der Waals surface area contributed by atoms with E-state index in [1.165, 1.54) is 165 Å². The fourth-order valence-electron chi connectivity index (χ4n) is 21.7. The Kier molecular flexibility index (Phi) is 46.7. The smallest absolute Gasteiger partial charge is 0.317 e. The molecule has 5 aromatic carbocycles. The maximum atomic E-state index is 13.2. The highest BCUT2D eigenvalue weighted by atomic mass is 16.5. The number of ether oxygens (including phenoxy) is 4. The van der Waals surface area contributed by atoms with Gasteiger partial charge in [-0.1, -0.05) is 301 Å². The van der Waals surface area contributed by atoms with Crippen LogP contribution in [0.3, 0.4) is 0 Å². The normalized spacial score (nSPS) is 21.4. The first-order valence-electron chi connectivity index (χ1n) is 50.7. The average molecular weight is 1750 g/mol. The number of aliphatic hydroxyl groups is 1. The molecule has 5 aromatic rings. The molecule has 127 heavy (non-hydrogen) atoms. The second-order valence-corrected chi connectivity index (χ2v) is 39.0. The average Bonchev–Trinajstić information content (AvgIpc) is 1.40. The quantitative estimate of drug-likeness (QED) is 0.0165. The van der Waals surface area contributed by atoms with E-state index in [9.17, 15) is 24.3 Å². The number of carbonyl (C=O) groups excluding carboxylic acids is 4. The molecular weight excluding hydrogens is 1580 g/mol. The molecular formula is C107H169N11O9. The van der Waals surface area contributed by atoms with Gasteiger partial charge < -0.3 is 83.0 Å². The van der Waals surface area contributed by atoms with E-state index in [1.807, 2.05) is 82.6 Å². The second-order valence-electron chi connectivity index (χ2n) is 39.0. The van der Waals surface area contributed by atoms with E-state index >= 15 is 0 Å². The number of hydrogen-bond donors (Lipinski definition) is 9. The zero-order valence-electron chi connectivity index (χ0n) is 78.6. The summed E-state index contributed by atoms with van der Waals surface area (Å²) in [6.07, 6.45) is 47.1. The Bertz CT molecular complexity index is 3770. The van der Waals surface area contributed by atoms with E-state index < -0.39 is 5.60 Å². The first-order valence-corrected chi connectivity index (χ1v) is 50.7. The highest BCUT2D eigenvalue weighted by molar-refractivity contribution is 5.94. The van der Waals surface area contributed by atoms with Gasteiger partial charge in [0.05, 0.1) is 18.3 Å². The van der Waals surface area contributed by atoms with Gasteiger partial charge in [-0.2, -0.15) is 0 Å². The van der Waals surface area contributed by atoms with Crippen LogP contribution in [0.1, 0.15) is 320 Å². The Morgan fingerprint density at radius 3 is 1.31 bits per heavy atom. The summed E-state index contributed by atoms with van der Waals surface area (Å²) in [5, 5.41) is 24.8. The maximum absolute atomic E-state index is 13.2. The first kappa shape index (κ1) is 102. The third kappa shape index (κ3) is 35.3. The van der Waals surface area contributed by atoms with E-state index in [0.29, 0.717) is 87.0 Å². The lowest BCUT2D eigenvalue weighted by atomic mass is 9.74. The number of amides is 7. The highest BCUT2D eigenvalue weighted by Gasteiger charge is 2.42. The van der Waals surface area contributed by atoms with Gasteiger partial charge >= 0.3 is 18.1 Å². The summed E-state index contributed by atoms with van der Waals surface area (Å²) >= 11 is 0. The van der Waals surface area contributed by atoms with Crippen LogP contribution < -0.4 is 44.2 Å². The van der Waals surface area contributed by atoms with Crippen molar-refractivity contribution in [2.45, 2.75) is 312 Å². The maximum Gasteiger partial charge on any atom is 0.317 e. The molecule has 13 N–H and O–H groups in total. The van der Waals surface area contributed by atoms with Crippen molar-refractivity contribution in [3.8, 4) is 0 Å². The van der Waals surface area contributed by atoms with Crippen molar-refractivity contribution in [3.63, 3.8) is 0 Å². The molecule has 7 amide bonds. The topological polar surface area (TPSA) is 287 Å². The number of benzene rings is 5. The van der Waals surface area contributed by atoms with Crippen LogP contribution in [-0.4, -0.2) is 174 Å². The predicted molar refractivity (Wildman–Crippen MR) is 517 cm³/mol. The van der Waals surface area contributed by atoms with Gasteiger partial charge in [-0.15, -0.1) is 0 Å². The van der Waals surface area contributed by atoms with Crippen molar-refractivity contribution in [1.82, 2.24) is 36.0 Å². The Balaban J connectivity index is 0.000000177. The van der Waals surface area contributed by atoms with Crippen LogP contribution in [0.15, 0.2) is 146 Å². The standard InChI is InChI=1S/C27H43N3O2.C27H45N3O2.C27H38N2O3.C26H43N3O2/c28-19-25(18-22-8-3-1-4-9-22)29-27(31)30-16-7-12-24(20-30)26(23-10-5-2-6-11-23)32-17-15-21-13-14-21;1-32-18-9-8-16-26(23-13-6-3-7-14-23)24-15-10-17-30(21-24)27(31)29-25(20-28)19-22-11-4-2-5-12-22;1-31-16-9-17-32-26(22-12-6-3-7-13-22)23-14-8-15-24(19-23)27(30)29-25(20-28)18-21-10-4-2-5-11-21;1-2-3-16-26(31,22-13-8-5-9-14-22)23-15-10-17-29(20-23)25(30)28-24(19-27)18-21-11-6-4-7-12-21/h2,5-6,10-11,21-22,24-26H,1,3-4,7-9,12-20,28H2,(H,29,31);3,6-7,13-14,22,24-26H,2,4-5,8-12,15-21,28H2,1H3,(H,29,31);3,6-8,12-15,19,21,25-26H,2,4-5,9-11,16-18,20,28H2,1H3,(H,29,30);5,8-9,13-14,21,23-24,31H,2-4,6-7,10-12,15-20,27H2,1H3,(H,28,30)/t2*24-,25+,26+;25-,26-;23-,24+,26-/m1101/s1. The summed E-state index contributed by atoms with van der Waals surface area (Å²) < 4.78 is 23.1. The van der Waals surface area contributed by atoms with Crippen molar-refractivity contribution in [3.05, 3.63) is 179 Å². The molecule has 0 spiro atoms. The summed E-state index contributed by atoms with van der Waals surface area (Å²) in [7, 11) is 3.47. The van der Waals surface area contributed by atoms with Gasteiger partial charge in [0.15, 0.2) is 0 Å². The van der Waals surface area contributed by atoms with Crippen LogP contribution in [0, 0.1) is 47.3 Å². The third-order valence-corrected chi connectivity index (χ3v) is 29.2. The minimum atomic E-state index is -0.883. The van der Waals surface area contributed by atoms with Gasteiger partial charge in [0, 0.05) is 141 Å². The molecule has 3 saturated heterocycles. The van der Waals surface area contributed by atoms with Crippen molar-refractivity contribution < 1.29 is 43.2 Å². The van der Waals surface area contributed by atoms with Crippen LogP contribution in [0.2, 0.25) is 0 Å². The number of piperidine rings is 3. The molecule has 5 saturated carbocycles. The van der Waals surface area contributed by atoms with Crippen LogP contribution in [0.25, 0.3) is 0 Å². The number of hydrogen-bond acceptors (Lipinski definition) is 13. The molecule has 706 valence electrons. The van der Waals surface area contributed by atoms with Gasteiger partial charge in [0.25, 0.3) is 5.91 Å². The van der Waals surface area contributed by atoms with Crippen molar-refractivity contribution in [1.29, 1.82) is 0 Å². The summed E-state index contributed by atoms with van der Waals surface area (Å²) in [6, 6.07) is 49.8. The van der Waals surface area contributed by atoms with Gasteiger partial charge in [-0.05, 0) is 178 Å². The molecule has 20 heteroatoms. The molecule has 13 rings (SSSR count).